The third kappa shape index (κ3) is 3.62. The van der Waals surface area contributed by atoms with E-state index in [1.165, 1.54) is 0 Å². The summed E-state index contributed by atoms with van der Waals surface area (Å²) in [6.45, 7) is 0.227. The lowest BCUT2D eigenvalue weighted by atomic mass is 10.3. The lowest BCUT2D eigenvalue weighted by Gasteiger charge is -2.12. The number of benzene rings is 1. The molecule has 1 aromatic rings. The molecule has 0 saturated carbocycles. The van der Waals surface area contributed by atoms with Crippen LogP contribution in [0.3, 0.4) is 0 Å². The predicted octanol–water partition coefficient (Wildman–Crippen LogP) is 5.28. The molecule has 0 unspecified atom stereocenters. The fraction of sp³-hybridized carbons (Fsp3) is 0.222. The molecule has 0 spiro atoms. The minimum absolute atomic E-state index is 0.0122. The van der Waals surface area contributed by atoms with Gasteiger partial charge in [0.15, 0.2) is 5.75 Å². The van der Waals surface area contributed by atoms with Crippen LogP contribution in [0.15, 0.2) is 0 Å². The number of rotatable bonds is 3. The van der Waals surface area contributed by atoms with Gasteiger partial charge < -0.3 is 10.1 Å². The first kappa shape index (κ1) is 16.3. The molecule has 18 heavy (non-hydrogen) atoms. The van der Waals surface area contributed by atoms with E-state index in [2.05, 4.69) is 5.32 Å². The zero-order valence-electron chi connectivity index (χ0n) is 8.50. The van der Waals surface area contributed by atoms with Crippen molar-refractivity contribution < 1.29 is 9.53 Å². The molecule has 0 heterocycles. The molecule has 0 saturated heterocycles. The number of hydrogen-bond donors (Lipinski definition) is 1. The van der Waals surface area contributed by atoms with Crippen LogP contribution in [0.4, 0.5) is 4.79 Å². The number of carbonyl (C=O) groups is 1. The van der Waals surface area contributed by atoms with Gasteiger partial charge in [-0.1, -0.05) is 58.0 Å². The van der Waals surface area contributed by atoms with Crippen molar-refractivity contribution in [3.63, 3.8) is 0 Å². The highest BCUT2D eigenvalue weighted by molar-refractivity contribution is 6.55. The van der Waals surface area contributed by atoms with Crippen LogP contribution in [0, 0.1) is 0 Å². The summed E-state index contributed by atoms with van der Waals surface area (Å²) in [5, 5.41) is 2.05. The Balaban J connectivity index is 3.06. The smallest absolute Gasteiger partial charge is 0.407 e. The van der Waals surface area contributed by atoms with Crippen molar-refractivity contribution in [2.75, 3.05) is 12.4 Å². The molecule has 0 aliphatic carbocycles. The second kappa shape index (κ2) is 7.13. The molecule has 3 nitrogen and oxygen atoms in total. The van der Waals surface area contributed by atoms with E-state index >= 15 is 0 Å². The summed E-state index contributed by atoms with van der Waals surface area (Å²) in [6, 6.07) is 0. The highest BCUT2D eigenvalue weighted by Gasteiger charge is 2.22. The Bertz CT molecular complexity index is 450. The normalized spacial score (nSPS) is 10.3. The fourth-order valence-electron chi connectivity index (χ4n) is 0.952. The van der Waals surface area contributed by atoms with Gasteiger partial charge >= 0.3 is 6.09 Å². The van der Waals surface area contributed by atoms with Crippen molar-refractivity contribution >= 4 is 75.7 Å². The Morgan fingerprint density at radius 1 is 0.944 bits per heavy atom. The molecule has 0 aliphatic rings. The molecule has 1 amide bonds. The Morgan fingerprint density at radius 3 is 1.83 bits per heavy atom. The molecule has 0 radical (unpaired) electrons. The molecule has 0 aromatic heterocycles. The molecule has 0 atom stereocenters. The summed E-state index contributed by atoms with van der Waals surface area (Å²) in [5.74, 6) is 0.0726. The number of alkyl halides is 1. The van der Waals surface area contributed by atoms with E-state index in [4.69, 9.17) is 74.3 Å². The van der Waals surface area contributed by atoms with E-state index in [0.29, 0.717) is 0 Å². The van der Waals surface area contributed by atoms with E-state index < -0.39 is 6.09 Å². The van der Waals surface area contributed by atoms with Crippen molar-refractivity contribution in [3.05, 3.63) is 25.1 Å². The van der Waals surface area contributed by atoms with E-state index in [1.54, 1.807) is 0 Å². The second-order valence-corrected chi connectivity index (χ2v) is 5.17. The maximum atomic E-state index is 11.4. The minimum atomic E-state index is -0.783. The topological polar surface area (TPSA) is 38.3 Å². The molecule has 0 bridgehead atoms. The molecule has 1 aromatic carbocycles. The highest BCUT2D eigenvalue weighted by Crippen LogP contribution is 2.48. The van der Waals surface area contributed by atoms with Gasteiger partial charge in [0.05, 0.1) is 15.1 Å². The summed E-state index contributed by atoms with van der Waals surface area (Å²) in [4.78, 5) is 11.4. The number of amides is 1. The Labute approximate surface area is 133 Å². The maximum absolute atomic E-state index is 11.4. The molecule has 0 aliphatic heterocycles. The second-order valence-electron chi connectivity index (χ2n) is 2.90. The van der Waals surface area contributed by atoms with Crippen molar-refractivity contribution in [2.24, 2.45) is 0 Å². The van der Waals surface area contributed by atoms with Crippen LogP contribution in [-0.2, 0) is 0 Å². The van der Waals surface area contributed by atoms with Crippen LogP contribution in [-0.4, -0.2) is 18.5 Å². The number of carbonyl (C=O) groups excluding carboxylic acids is 1. The van der Waals surface area contributed by atoms with Gasteiger partial charge in [-0.2, -0.15) is 0 Å². The number of nitrogens with one attached hydrogen (secondary N) is 1. The van der Waals surface area contributed by atoms with Crippen LogP contribution in [0.1, 0.15) is 0 Å². The number of ether oxygens (including phenoxy) is 1. The first-order valence-electron chi connectivity index (χ1n) is 4.43. The molecule has 100 valence electrons. The highest BCUT2D eigenvalue weighted by atomic mass is 35.5. The zero-order chi connectivity index (χ0) is 13.9. The first-order valence-corrected chi connectivity index (χ1v) is 6.85. The van der Waals surface area contributed by atoms with Gasteiger partial charge in [-0.05, 0) is 0 Å². The fourth-order valence-corrected chi connectivity index (χ4v) is 2.25. The molecular weight excluding hydrogens is 367 g/mol. The van der Waals surface area contributed by atoms with Gasteiger partial charge in [-0.25, -0.2) is 4.79 Å². The molecule has 9 heteroatoms. The molecule has 0 fully saturated rings. The molecular formula is C9H5Cl6NO2. The minimum Gasteiger partial charge on any atom is -0.407 e. The van der Waals surface area contributed by atoms with E-state index in [-0.39, 0.29) is 43.3 Å². The van der Waals surface area contributed by atoms with E-state index in [1.807, 2.05) is 0 Å². The lowest BCUT2D eigenvalue weighted by molar-refractivity contribution is 0.201. The molecule has 1 N–H and O–H groups in total. The predicted molar refractivity (Wildman–Crippen MR) is 76.2 cm³/mol. The van der Waals surface area contributed by atoms with Crippen LogP contribution >= 0.6 is 69.6 Å². The van der Waals surface area contributed by atoms with Gasteiger partial charge in [0.2, 0.25) is 0 Å². The van der Waals surface area contributed by atoms with Gasteiger partial charge in [-0.15, -0.1) is 11.6 Å². The van der Waals surface area contributed by atoms with Crippen LogP contribution in [0.25, 0.3) is 0 Å². The number of halogens is 6. The van der Waals surface area contributed by atoms with Crippen LogP contribution in [0.2, 0.25) is 25.1 Å². The van der Waals surface area contributed by atoms with E-state index in [9.17, 15) is 4.79 Å². The standard InChI is InChI=1S/C9H5Cl6NO2/c10-1-2-16-9(17)18-8-6(14)4(12)3(11)5(13)7(8)15/h1-2H2,(H,16,17). The third-order valence-corrected chi connectivity index (χ3v) is 4.16. The van der Waals surface area contributed by atoms with Crippen molar-refractivity contribution in [2.45, 2.75) is 0 Å². The molecule has 1 rings (SSSR count). The van der Waals surface area contributed by atoms with Gasteiger partial charge in [0, 0.05) is 12.4 Å². The zero-order valence-corrected chi connectivity index (χ0v) is 13.0. The number of hydrogen-bond acceptors (Lipinski definition) is 2. The van der Waals surface area contributed by atoms with Gasteiger partial charge in [0.25, 0.3) is 0 Å². The monoisotopic (exact) mass is 369 g/mol. The Hall–Kier alpha value is 0.230. The largest absolute Gasteiger partial charge is 0.412 e. The van der Waals surface area contributed by atoms with Gasteiger partial charge in [-0.3, -0.25) is 0 Å². The van der Waals surface area contributed by atoms with Crippen molar-refractivity contribution in [3.8, 4) is 5.75 Å². The van der Waals surface area contributed by atoms with E-state index in [0.717, 1.165) is 0 Å². The summed E-state index contributed by atoms with van der Waals surface area (Å²) >= 11 is 34.5. The Kier molecular flexibility index (Phi) is 6.45. The SMILES string of the molecule is O=C(NCCCl)Oc1c(Cl)c(Cl)c(Cl)c(Cl)c1Cl. The summed E-state index contributed by atoms with van der Waals surface area (Å²) < 4.78 is 4.89. The quantitative estimate of drug-likeness (QED) is 0.446. The average molecular weight is 372 g/mol. The summed E-state index contributed by atoms with van der Waals surface area (Å²) in [7, 11) is 0. The third-order valence-electron chi connectivity index (χ3n) is 1.73. The van der Waals surface area contributed by atoms with Crippen LogP contribution in [0.5, 0.6) is 5.75 Å². The van der Waals surface area contributed by atoms with Crippen molar-refractivity contribution in [1.29, 1.82) is 0 Å². The summed E-state index contributed by atoms with van der Waals surface area (Å²) in [5.41, 5.74) is 0. The maximum Gasteiger partial charge on any atom is 0.412 e. The first-order chi connectivity index (χ1) is 8.40. The lowest BCUT2D eigenvalue weighted by Crippen LogP contribution is -2.28. The summed E-state index contributed by atoms with van der Waals surface area (Å²) in [6.07, 6.45) is -0.783. The average Bonchev–Trinajstić information content (AvgIpc) is 2.36. The van der Waals surface area contributed by atoms with Crippen molar-refractivity contribution in [1.82, 2.24) is 5.32 Å². The van der Waals surface area contributed by atoms with Gasteiger partial charge in [0.1, 0.15) is 10.0 Å². The Morgan fingerprint density at radius 2 is 1.39 bits per heavy atom. The van der Waals surface area contributed by atoms with Crippen LogP contribution < -0.4 is 10.1 Å².